The Morgan fingerprint density at radius 3 is 2.48 bits per heavy atom. The van der Waals surface area contributed by atoms with E-state index in [1.54, 1.807) is 37.3 Å². The highest BCUT2D eigenvalue weighted by molar-refractivity contribution is 6.15. The van der Waals surface area contributed by atoms with Crippen LogP contribution < -0.4 is 21.5 Å². The van der Waals surface area contributed by atoms with Gasteiger partial charge >= 0.3 is 6.09 Å². The molecule has 1 unspecified atom stereocenters. The maximum atomic E-state index is 16.1. The van der Waals surface area contributed by atoms with Crippen LogP contribution in [0, 0.1) is 5.82 Å². The van der Waals surface area contributed by atoms with Gasteiger partial charge < -0.3 is 34.0 Å². The molecule has 6 aromatic rings. The second-order valence-electron chi connectivity index (χ2n) is 14.9. The fourth-order valence-electron chi connectivity index (χ4n) is 7.87. The van der Waals surface area contributed by atoms with Gasteiger partial charge in [0.15, 0.2) is 22.4 Å². The summed E-state index contributed by atoms with van der Waals surface area (Å²) in [5, 5.41) is 8.57. The Bertz CT molecular complexity index is 2500. The molecule has 2 N–H and O–H groups in total. The normalized spacial score (nSPS) is 18.2. The van der Waals surface area contributed by atoms with Crippen molar-refractivity contribution in [1.82, 2.24) is 19.5 Å². The number of anilines is 1. The molecule has 0 spiro atoms. The number of ether oxygens (including phenoxy) is 1. The van der Waals surface area contributed by atoms with Crippen LogP contribution in [0.5, 0.6) is 0 Å². The van der Waals surface area contributed by atoms with Gasteiger partial charge in [0.2, 0.25) is 5.43 Å². The number of fused-ring (bicyclic) bond motifs is 5. The lowest BCUT2D eigenvalue weighted by molar-refractivity contribution is 0.0502. The van der Waals surface area contributed by atoms with E-state index in [1.165, 1.54) is 17.2 Å². The molecule has 2 amide bonds. The minimum Gasteiger partial charge on any atom is -0.451 e. The van der Waals surface area contributed by atoms with Crippen molar-refractivity contribution in [2.24, 2.45) is 0 Å². The molecular weight excluding hydrogens is 665 g/mol. The van der Waals surface area contributed by atoms with Crippen molar-refractivity contribution in [2.45, 2.75) is 71.6 Å². The molecule has 11 nitrogen and oxygen atoms in total. The lowest BCUT2D eigenvalue weighted by Crippen LogP contribution is -2.41. The second-order valence-corrected chi connectivity index (χ2v) is 14.9. The van der Waals surface area contributed by atoms with E-state index in [2.05, 4.69) is 22.6 Å². The number of aromatic nitrogens is 1. The molecule has 0 radical (unpaired) electrons. The quantitative estimate of drug-likeness (QED) is 0.144. The van der Waals surface area contributed by atoms with Crippen LogP contribution in [0.1, 0.15) is 64.2 Å². The second kappa shape index (κ2) is 13.1. The summed E-state index contributed by atoms with van der Waals surface area (Å²) in [4.78, 5) is 57.9. The Morgan fingerprint density at radius 2 is 1.75 bits per heavy atom. The highest BCUT2D eigenvalue weighted by atomic mass is 19.1. The molecule has 8 rings (SSSR count). The van der Waals surface area contributed by atoms with Gasteiger partial charge in [-0.3, -0.25) is 14.4 Å². The predicted octanol–water partition coefficient (Wildman–Crippen LogP) is 6.71. The number of nitrogens with zero attached hydrogens (tertiary/aromatic N) is 3. The van der Waals surface area contributed by atoms with Gasteiger partial charge in [0.25, 0.3) is 5.91 Å². The van der Waals surface area contributed by atoms with Gasteiger partial charge in [-0.1, -0.05) is 31.7 Å². The third-order valence-corrected chi connectivity index (χ3v) is 10.4. The SMILES string of the molecule is C.CN1CCCC1CCNc1c(F)cc2c(=O)c(C(=O)N3CC[C@H](NC(=O)OC(C)(C)C)C3)cn3c4cc5c(cc4oc1c23)c(=O)c1ccccc15. The summed E-state index contributed by atoms with van der Waals surface area (Å²) in [6.07, 6.45) is 4.38. The van der Waals surface area contributed by atoms with E-state index in [0.717, 1.165) is 31.2 Å². The zero-order valence-corrected chi connectivity index (χ0v) is 29.1. The van der Waals surface area contributed by atoms with E-state index in [9.17, 15) is 19.2 Å². The summed E-state index contributed by atoms with van der Waals surface area (Å²) in [7, 11) is 2.09. The number of alkyl carbamates (subject to hydrolysis) is 1. The van der Waals surface area contributed by atoms with Crippen LogP contribution in [0.15, 0.2) is 62.7 Å². The molecule has 2 aliphatic heterocycles. The standard InChI is InChI=1S/C39H40FN5O6.CH4/c1-39(2,3)51-38(49)42-21-12-15-44(19-21)37(48)28-20-45-30-17-25-23-9-5-6-10-24(23)34(46)26(25)18-31(30)50-36-32(29(40)16-27(33(36)45)35(28)47)41-13-11-22-8-7-14-43(22)4;/h5-6,9-10,16-18,20-22,41H,7-8,11-15,19H2,1-4H3,(H,42,49);1H4/t21-,22?;/m0./s1. The van der Waals surface area contributed by atoms with Crippen LogP contribution in [-0.4, -0.2) is 77.1 Å². The van der Waals surface area contributed by atoms with E-state index in [-0.39, 0.29) is 47.7 Å². The molecule has 4 aromatic carbocycles. The van der Waals surface area contributed by atoms with Crippen molar-refractivity contribution >= 4 is 66.8 Å². The molecule has 2 fully saturated rings. The Kier molecular flexibility index (Phi) is 8.85. The highest BCUT2D eigenvalue weighted by Crippen LogP contribution is 2.36. The third kappa shape index (κ3) is 5.98. The number of amides is 2. The van der Waals surface area contributed by atoms with E-state index in [1.807, 2.05) is 24.3 Å². The van der Waals surface area contributed by atoms with Crippen LogP contribution in [0.4, 0.5) is 14.9 Å². The van der Waals surface area contributed by atoms with Gasteiger partial charge in [-0.25, -0.2) is 9.18 Å². The Hall–Kier alpha value is -5.23. The molecule has 2 aliphatic rings. The zero-order chi connectivity index (χ0) is 35.8. The molecular formula is C40H44FN5O6. The lowest BCUT2D eigenvalue weighted by Gasteiger charge is -2.22. The number of rotatable bonds is 6. The first-order chi connectivity index (χ1) is 24.4. The zero-order valence-electron chi connectivity index (χ0n) is 29.1. The maximum Gasteiger partial charge on any atom is 0.407 e. The predicted molar refractivity (Wildman–Crippen MR) is 203 cm³/mol. The topological polar surface area (TPSA) is 126 Å². The minimum absolute atomic E-state index is 0. The lowest BCUT2D eigenvalue weighted by atomic mass is 10.1. The van der Waals surface area contributed by atoms with Crippen LogP contribution in [0.2, 0.25) is 0 Å². The highest BCUT2D eigenvalue weighted by Gasteiger charge is 2.32. The maximum absolute atomic E-state index is 16.1. The molecule has 272 valence electrons. The number of nitrogens with one attached hydrogen (secondary N) is 2. The van der Waals surface area contributed by atoms with E-state index in [4.69, 9.17) is 9.15 Å². The number of carbonyl (C=O) groups is 2. The van der Waals surface area contributed by atoms with Crippen LogP contribution in [-0.2, 0) is 4.74 Å². The number of pyridine rings is 1. The Morgan fingerprint density at radius 1 is 0.981 bits per heavy atom. The summed E-state index contributed by atoms with van der Waals surface area (Å²) in [6, 6.07) is 12.0. The molecule has 52 heavy (non-hydrogen) atoms. The number of hydrogen-bond acceptors (Lipinski definition) is 8. The van der Waals surface area contributed by atoms with Crippen molar-refractivity contribution in [3.8, 4) is 0 Å². The number of benzene rings is 3. The van der Waals surface area contributed by atoms with Crippen molar-refractivity contribution in [2.75, 3.05) is 38.5 Å². The number of carbonyl (C=O) groups excluding carboxylic acids is 2. The van der Waals surface area contributed by atoms with Gasteiger partial charge in [-0.05, 0) is 89.0 Å². The average molecular weight is 710 g/mol. The van der Waals surface area contributed by atoms with E-state index >= 15 is 4.39 Å². The molecule has 0 saturated carbocycles. The summed E-state index contributed by atoms with van der Waals surface area (Å²) < 4.78 is 29.7. The van der Waals surface area contributed by atoms with Crippen molar-refractivity contribution in [1.29, 1.82) is 0 Å². The van der Waals surface area contributed by atoms with E-state index < -0.39 is 28.8 Å². The summed E-state index contributed by atoms with van der Waals surface area (Å²) >= 11 is 0. The van der Waals surface area contributed by atoms with Gasteiger partial charge in [0, 0.05) is 42.6 Å². The first-order valence-corrected chi connectivity index (χ1v) is 17.5. The van der Waals surface area contributed by atoms with Crippen LogP contribution in [0.25, 0.3) is 49.1 Å². The molecule has 0 bridgehead atoms. The summed E-state index contributed by atoms with van der Waals surface area (Å²) in [6.45, 7) is 7.31. The Labute approximate surface area is 299 Å². The first-order valence-electron chi connectivity index (χ1n) is 17.5. The van der Waals surface area contributed by atoms with E-state index in [0.29, 0.717) is 58.3 Å². The number of hydrogen-bond donors (Lipinski definition) is 2. The van der Waals surface area contributed by atoms with Crippen LogP contribution >= 0.6 is 0 Å². The van der Waals surface area contributed by atoms with Crippen LogP contribution in [0.3, 0.4) is 0 Å². The van der Waals surface area contributed by atoms with Crippen molar-refractivity contribution in [3.63, 3.8) is 0 Å². The molecule has 2 atom stereocenters. The Balaban J connectivity index is 0.00000420. The molecule has 0 aliphatic carbocycles. The van der Waals surface area contributed by atoms with Gasteiger partial charge in [-0.15, -0.1) is 0 Å². The summed E-state index contributed by atoms with van der Waals surface area (Å²) in [5.41, 5.74) is -0.187. The number of halogens is 1. The summed E-state index contributed by atoms with van der Waals surface area (Å²) in [5.74, 6) is -1.21. The third-order valence-electron chi connectivity index (χ3n) is 10.4. The minimum atomic E-state index is -0.679. The van der Waals surface area contributed by atoms with Gasteiger partial charge in [0.1, 0.15) is 22.4 Å². The molecule has 4 heterocycles. The largest absolute Gasteiger partial charge is 0.451 e. The average Bonchev–Trinajstić information content (AvgIpc) is 3.79. The molecule has 2 saturated heterocycles. The molecule has 2 aromatic heterocycles. The van der Waals surface area contributed by atoms with Crippen molar-refractivity contribution in [3.05, 3.63) is 80.5 Å². The van der Waals surface area contributed by atoms with Crippen molar-refractivity contribution < 1.29 is 23.1 Å². The monoisotopic (exact) mass is 709 g/mol. The van der Waals surface area contributed by atoms with Gasteiger partial charge in [0.05, 0.1) is 16.9 Å². The molecule has 12 heteroatoms. The number of likely N-dealkylation sites (tertiary alicyclic amines) is 2. The first kappa shape index (κ1) is 35.2. The smallest absolute Gasteiger partial charge is 0.407 e. The van der Waals surface area contributed by atoms with Gasteiger partial charge in [-0.2, -0.15) is 0 Å². The fourth-order valence-corrected chi connectivity index (χ4v) is 7.87. The fraction of sp³-hybridized carbons (Fsp3) is 0.400.